The maximum atomic E-state index is 11.1. The summed E-state index contributed by atoms with van der Waals surface area (Å²) in [5.41, 5.74) is 8.58. The van der Waals surface area contributed by atoms with Gasteiger partial charge < -0.3 is 0 Å². The fraction of sp³-hybridized carbons (Fsp3) is 0.0833. The zero-order valence-electron chi connectivity index (χ0n) is 7.87. The summed E-state index contributed by atoms with van der Waals surface area (Å²) in [5, 5.41) is 1.88. The van der Waals surface area contributed by atoms with E-state index >= 15 is 0 Å². The van der Waals surface area contributed by atoms with Crippen LogP contribution < -0.4 is 5.73 Å². The predicted molar refractivity (Wildman–Crippen MR) is 56.1 cm³/mol. The van der Waals surface area contributed by atoms with Gasteiger partial charge in [-0.25, -0.2) is 0 Å². The Hall–Kier alpha value is -1.83. The first kappa shape index (κ1) is 8.75. The van der Waals surface area contributed by atoms with Crippen LogP contribution in [-0.4, -0.2) is 5.91 Å². The molecule has 14 heavy (non-hydrogen) atoms. The Morgan fingerprint density at radius 3 is 2.57 bits per heavy atom. The lowest BCUT2D eigenvalue weighted by Crippen LogP contribution is -2.02. The molecular weight excluding hydrogens is 174 g/mol. The van der Waals surface area contributed by atoms with Crippen LogP contribution in [0.4, 0.5) is 0 Å². The molecule has 0 heterocycles. The Kier molecular flexibility index (Phi) is 1.97. The summed E-state index contributed by atoms with van der Waals surface area (Å²) < 4.78 is 0. The minimum Gasteiger partial charge on any atom is -0.267 e. The van der Waals surface area contributed by atoms with E-state index in [-0.39, 0.29) is 0 Å². The Morgan fingerprint density at radius 2 is 1.86 bits per heavy atom. The van der Waals surface area contributed by atoms with Crippen LogP contribution in [0.3, 0.4) is 0 Å². The Bertz CT molecular complexity index is 503. The lowest BCUT2D eigenvalue weighted by molar-refractivity contribution is 0.0993. The molecule has 0 bridgehead atoms. The van der Waals surface area contributed by atoms with Gasteiger partial charge in [-0.1, -0.05) is 36.4 Å². The van der Waals surface area contributed by atoms with Gasteiger partial charge in [0.05, 0.1) is 5.56 Å². The molecule has 2 aromatic carbocycles. The molecule has 0 aliphatic carbocycles. The van der Waals surface area contributed by atoms with Crippen LogP contribution in [0, 0.1) is 6.92 Å². The van der Waals surface area contributed by atoms with Gasteiger partial charge in [0, 0.05) is 0 Å². The Morgan fingerprint density at radius 1 is 1.14 bits per heavy atom. The number of benzene rings is 2. The molecule has 0 atom stereocenters. The normalized spacial score (nSPS) is 10.4. The number of nitrogens with one attached hydrogen (secondary N) is 1. The number of hydrogen-bond acceptors (Lipinski definition) is 1. The van der Waals surface area contributed by atoms with Crippen LogP contribution in [0.15, 0.2) is 36.4 Å². The minimum absolute atomic E-state index is 0.517. The Balaban J connectivity index is 2.90. The highest BCUT2D eigenvalue weighted by molar-refractivity contribution is 6.07. The number of hydrogen-bond donors (Lipinski definition) is 0. The fourth-order valence-electron chi connectivity index (χ4n) is 1.68. The van der Waals surface area contributed by atoms with E-state index in [9.17, 15) is 4.79 Å². The van der Waals surface area contributed by atoms with Gasteiger partial charge in [-0.05, 0) is 23.3 Å². The van der Waals surface area contributed by atoms with Gasteiger partial charge in [0.25, 0.3) is 5.91 Å². The highest BCUT2D eigenvalue weighted by atomic mass is 16.1. The van der Waals surface area contributed by atoms with Crippen LogP contribution >= 0.6 is 0 Å². The van der Waals surface area contributed by atoms with Gasteiger partial charge in [-0.3, -0.25) is 10.5 Å². The maximum Gasteiger partial charge on any atom is 0.270 e. The van der Waals surface area contributed by atoms with Crippen LogP contribution in [0.1, 0.15) is 15.9 Å². The standard InChI is InChI=1S/C12H10NO/c1-8-6-7-9-4-2-3-5-10(9)11(8)12(13)14/h2-7,13H,1H3. The van der Waals surface area contributed by atoms with E-state index in [1.807, 2.05) is 43.3 Å². The van der Waals surface area contributed by atoms with Crippen molar-refractivity contribution in [3.63, 3.8) is 0 Å². The summed E-state index contributed by atoms with van der Waals surface area (Å²) in [6.45, 7) is 1.86. The lowest BCUT2D eigenvalue weighted by Gasteiger charge is -2.05. The molecule has 0 saturated carbocycles. The quantitative estimate of drug-likeness (QED) is 0.671. The van der Waals surface area contributed by atoms with E-state index in [2.05, 4.69) is 0 Å². The maximum absolute atomic E-state index is 11.1. The molecule has 1 radical (unpaired) electrons. The zero-order valence-corrected chi connectivity index (χ0v) is 7.87. The number of carbonyl (C=O) groups excluding carboxylic acids is 1. The number of rotatable bonds is 1. The molecule has 2 aromatic rings. The third-order valence-corrected chi connectivity index (χ3v) is 2.36. The highest BCUT2D eigenvalue weighted by Crippen LogP contribution is 2.21. The van der Waals surface area contributed by atoms with Gasteiger partial charge in [0.1, 0.15) is 0 Å². The summed E-state index contributed by atoms with van der Waals surface area (Å²) in [6, 6.07) is 11.5. The van der Waals surface area contributed by atoms with Crippen molar-refractivity contribution in [2.24, 2.45) is 0 Å². The van der Waals surface area contributed by atoms with E-state index in [0.717, 1.165) is 16.3 Å². The number of aryl methyl sites for hydroxylation is 1. The van der Waals surface area contributed by atoms with Crippen LogP contribution in [0.25, 0.3) is 10.8 Å². The molecule has 0 saturated heterocycles. The lowest BCUT2D eigenvalue weighted by atomic mass is 9.99. The SMILES string of the molecule is Cc1ccc2ccccc2c1C([NH])=O. The first-order chi connectivity index (χ1) is 6.70. The highest BCUT2D eigenvalue weighted by Gasteiger charge is 2.09. The van der Waals surface area contributed by atoms with Crippen molar-refractivity contribution < 1.29 is 4.79 Å². The molecular formula is C12H10NO. The van der Waals surface area contributed by atoms with Crippen LogP contribution in [0.5, 0.6) is 0 Å². The molecule has 0 aliphatic rings. The second-order valence-corrected chi connectivity index (χ2v) is 3.31. The van der Waals surface area contributed by atoms with E-state index in [0.29, 0.717) is 5.56 Å². The molecule has 0 spiro atoms. The monoisotopic (exact) mass is 184 g/mol. The van der Waals surface area contributed by atoms with Crippen molar-refractivity contribution in [2.45, 2.75) is 6.92 Å². The first-order valence-electron chi connectivity index (χ1n) is 4.44. The van der Waals surface area contributed by atoms with Gasteiger partial charge >= 0.3 is 0 Å². The summed E-state index contributed by atoms with van der Waals surface area (Å²) in [6.07, 6.45) is 0. The summed E-state index contributed by atoms with van der Waals surface area (Å²) in [4.78, 5) is 11.1. The molecule has 0 aromatic heterocycles. The smallest absolute Gasteiger partial charge is 0.267 e. The molecule has 1 N–H and O–H groups in total. The van der Waals surface area contributed by atoms with Gasteiger partial charge in [-0.2, -0.15) is 0 Å². The first-order valence-corrected chi connectivity index (χ1v) is 4.44. The topological polar surface area (TPSA) is 40.9 Å². The largest absolute Gasteiger partial charge is 0.270 e. The van der Waals surface area contributed by atoms with Crippen molar-refractivity contribution in [3.05, 3.63) is 47.5 Å². The molecule has 0 aliphatic heterocycles. The molecule has 2 heteroatoms. The van der Waals surface area contributed by atoms with E-state index < -0.39 is 5.91 Å². The van der Waals surface area contributed by atoms with Crippen LogP contribution in [-0.2, 0) is 0 Å². The molecule has 2 rings (SSSR count). The van der Waals surface area contributed by atoms with Crippen LogP contribution in [0.2, 0.25) is 0 Å². The van der Waals surface area contributed by atoms with E-state index in [1.165, 1.54) is 0 Å². The minimum atomic E-state index is -0.612. The third-order valence-electron chi connectivity index (χ3n) is 2.36. The Labute approximate surface area is 82.3 Å². The predicted octanol–water partition coefficient (Wildman–Crippen LogP) is 2.57. The van der Waals surface area contributed by atoms with Crippen molar-refractivity contribution in [1.29, 1.82) is 0 Å². The summed E-state index contributed by atoms with van der Waals surface area (Å²) >= 11 is 0. The van der Waals surface area contributed by atoms with Crippen molar-refractivity contribution in [1.82, 2.24) is 5.73 Å². The van der Waals surface area contributed by atoms with E-state index in [1.54, 1.807) is 0 Å². The summed E-state index contributed by atoms with van der Waals surface area (Å²) in [7, 11) is 0. The molecule has 2 nitrogen and oxygen atoms in total. The van der Waals surface area contributed by atoms with Gasteiger partial charge in [-0.15, -0.1) is 0 Å². The average molecular weight is 184 g/mol. The third kappa shape index (κ3) is 1.25. The second-order valence-electron chi connectivity index (χ2n) is 3.31. The fourth-order valence-corrected chi connectivity index (χ4v) is 1.68. The number of carbonyl (C=O) groups is 1. The second kappa shape index (κ2) is 3.14. The zero-order chi connectivity index (χ0) is 10.1. The van der Waals surface area contributed by atoms with Gasteiger partial charge in [0.2, 0.25) is 0 Å². The van der Waals surface area contributed by atoms with Crippen molar-refractivity contribution in [3.8, 4) is 0 Å². The molecule has 0 unspecified atom stereocenters. The number of fused-ring (bicyclic) bond motifs is 1. The average Bonchev–Trinajstić information content (AvgIpc) is 2.17. The molecule has 69 valence electrons. The molecule has 1 amide bonds. The van der Waals surface area contributed by atoms with Crippen molar-refractivity contribution >= 4 is 16.7 Å². The number of amides is 1. The summed E-state index contributed by atoms with van der Waals surface area (Å²) in [5.74, 6) is -0.612. The van der Waals surface area contributed by atoms with E-state index in [4.69, 9.17) is 5.73 Å². The van der Waals surface area contributed by atoms with Crippen molar-refractivity contribution in [2.75, 3.05) is 0 Å². The van der Waals surface area contributed by atoms with Gasteiger partial charge in [0.15, 0.2) is 0 Å². The molecule has 0 fully saturated rings.